The summed E-state index contributed by atoms with van der Waals surface area (Å²) in [5, 5.41) is 11.8. The minimum atomic E-state index is -0.434. The third kappa shape index (κ3) is 4.99. The zero-order valence-corrected chi connectivity index (χ0v) is 19.4. The molecule has 10 heteroatoms. The van der Waals surface area contributed by atoms with E-state index in [2.05, 4.69) is 32.7 Å². The monoisotopic (exact) mass is 488 g/mol. The van der Waals surface area contributed by atoms with Crippen molar-refractivity contribution in [3.63, 3.8) is 0 Å². The topological polar surface area (TPSA) is 107 Å². The van der Waals surface area contributed by atoms with Crippen molar-refractivity contribution in [1.29, 1.82) is 0 Å². The first-order chi connectivity index (χ1) is 17.1. The summed E-state index contributed by atoms with van der Waals surface area (Å²) in [6, 6.07) is 20.6. The van der Waals surface area contributed by atoms with E-state index in [-0.39, 0.29) is 18.3 Å². The molecule has 1 N–H and O–H groups in total. The quantitative estimate of drug-likeness (QED) is 0.334. The highest BCUT2D eigenvalue weighted by Gasteiger charge is 2.18. The molecule has 0 saturated heterocycles. The van der Waals surface area contributed by atoms with Gasteiger partial charge < -0.3 is 9.84 Å². The first kappa shape index (κ1) is 22.5. The van der Waals surface area contributed by atoms with E-state index in [4.69, 9.17) is 16.1 Å². The number of nitrogens with zero attached hydrogens (tertiary/aromatic N) is 5. The van der Waals surface area contributed by atoms with Crippen molar-refractivity contribution in [1.82, 2.24) is 29.6 Å². The number of hydrogen-bond acceptors (Lipinski definition) is 6. The predicted octanol–water partition coefficient (Wildman–Crippen LogP) is 3.62. The molecule has 0 aliphatic heterocycles. The van der Waals surface area contributed by atoms with Gasteiger partial charge >= 0.3 is 5.69 Å². The van der Waals surface area contributed by atoms with Gasteiger partial charge in [0.05, 0.1) is 5.56 Å². The van der Waals surface area contributed by atoms with Crippen LogP contribution in [-0.4, -0.2) is 36.8 Å². The molecule has 0 radical (unpaired) electrons. The highest BCUT2D eigenvalue weighted by Crippen LogP contribution is 2.25. The van der Waals surface area contributed by atoms with Crippen LogP contribution >= 0.6 is 11.6 Å². The molecule has 0 spiro atoms. The number of carbonyl (C=O) groups is 1. The summed E-state index contributed by atoms with van der Waals surface area (Å²) in [5.41, 5.74) is 2.27. The Bertz CT molecular complexity index is 1540. The van der Waals surface area contributed by atoms with E-state index in [1.165, 1.54) is 9.96 Å². The van der Waals surface area contributed by atoms with Crippen LogP contribution in [0.3, 0.4) is 0 Å². The third-order valence-corrected chi connectivity index (χ3v) is 5.68. The van der Waals surface area contributed by atoms with Gasteiger partial charge in [0, 0.05) is 23.3 Å². The highest BCUT2D eigenvalue weighted by molar-refractivity contribution is 6.30. The lowest BCUT2D eigenvalue weighted by Gasteiger charge is -2.05. The van der Waals surface area contributed by atoms with Crippen LogP contribution in [0, 0.1) is 0 Å². The van der Waals surface area contributed by atoms with Crippen LogP contribution in [0.25, 0.3) is 28.5 Å². The van der Waals surface area contributed by atoms with Crippen LogP contribution in [0.15, 0.2) is 82.2 Å². The number of carbonyl (C=O) groups excluding carboxylic acids is 1. The number of hydrogen-bond donors (Lipinski definition) is 1. The first-order valence-electron chi connectivity index (χ1n) is 11.1. The number of pyridine rings is 1. The number of benzene rings is 2. The van der Waals surface area contributed by atoms with Gasteiger partial charge in [-0.1, -0.05) is 59.2 Å². The predicted molar refractivity (Wildman–Crippen MR) is 131 cm³/mol. The Morgan fingerprint density at radius 1 is 1.06 bits per heavy atom. The van der Waals surface area contributed by atoms with Crippen molar-refractivity contribution in [3.8, 4) is 22.8 Å². The molecule has 0 atom stereocenters. The standard InChI is InChI=1S/C25H21ClN6O3/c26-19-11-4-10-18(15-19)22-28-24(35-30-22)20-12-6-14-31-23(20)29-32(25(31)34)16-21(33)27-13-5-9-17-7-2-1-3-8-17/h1-4,6-8,10-12,14-15H,5,9,13,16H2,(H,27,33). The Labute approximate surface area is 205 Å². The van der Waals surface area contributed by atoms with Crippen molar-refractivity contribution >= 4 is 23.2 Å². The van der Waals surface area contributed by atoms with Crippen LogP contribution in [0.2, 0.25) is 5.02 Å². The Morgan fingerprint density at radius 3 is 2.74 bits per heavy atom. The molecule has 5 rings (SSSR count). The number of aryl methyl sites for hydroxylation is 1. The van der Waals surface area contributed by atoms with Crippen molar-refractivity contribution in [2.75, 3.05) is 6.54 Å². The van der Waals surface area contributed by atoms with Crippen molar-refractivity contribution in [2.24, 2.45) is 0 Å². The summed E-state index contributed by atoms with van der Waals surface area (Å²) < 4.78 is 7.91. The average Bonchev–Trinajstić information content (AvgIpc) is 3.48. The molecule has 0 aliphatic rings. The summed E-state index contributed by atoms with van der Waals surface area (Å²) >= 11 is 6.06. The number of nitrogens with one attached hydrogen (secondary N) is 1. The highest BCUT2D eigenvalue weighted by atomic mass is 35.5. The van der Waals surface area contributed by atoms with Gasteiger partial charge in [-0.3, -0.25) is 4.79 Å². The van der Waals surface area contributed by atoms with E-state index in [1.54, 1.807) is 36.5 Å². The van der Waals surface area contributed by atoms with Gasteiger partial charge in [0.1, 0.15) is 6.54 Å². The average molecular weight is 489 g/mol. The molecule has 0 saturated carbocycles. The molecule has 0 bridgehead atoms. The number of halogens is 1. The van der Waals surface area contributed by atoms with E-state index < -0.39 is 5.69 Å². The van der Waals surface area contributed by atoms with E-state index >= 15 is 0 Å². The molecule has 9 nitrogen and oxygen atoms in total. The SMILES string of the molecule is O=C(Cn1nc2c(-c3nc(-c4cccc(Cl)c4)no3)cccn2c1=O)NCCCc1ccccc1. The largest absolute Gasteiger partial charge is 0.354 e. The first-order valence-corrected chi connectivity index (χ1v) is 11.4. The number of fused-ring (bicyclic) bond motifs is 1. The second-order valence-electron chi connectivity index (χ2n) is 7.93. The maximum Gasteiger partial charge on any atom is 0.350 e. The zero-order valence-electron chi connectivity index (χ0n) is 18.6. The second-order valence-corrected chi connectivity index (χ2v) is 8.36. The zero-order chi connectivity index (χ0) is 24.2. The van der Waals surface area contributed by atoms with E-state index in [0.717, 1.165) is 17.5 Å². The molecule has 35 heavy (non-hydrogen) atoms. The smallest absolute Gasteiger partial charge is 0.350 e. The minimum absolute atomic E-state index is 0.192. The van der Waals surface area contributed by atoms with Crippen LogP contribution < -0.4 is 11.0 Å². The number of amides is 1. The van der Waals surface area contributed by atoms with Gasteiger partial charge in [0.2, 0.25) is 11.7 Å². The number of rotatable bonds is 8. The van der Waals surface area contributed by atoms with E-state index in [9.17, 15) is 9.59 Å². The molecule has 3 heterocycles. The fourth-order valence-electron chi connectivity index (χ4n) is 3.74. The van der Waals surface area contributed by atoms with E-state index in [1.807, 2.05) is 24.3 Å². The maximum atomic E-state index is 12.8. The molecule has 0 unspecified atom stereocenters. The molecule has 176 valence electrons. The van der Waals surface area contributed by atoms with Crippen molar-refractivity contribution in [3.05, 3.63) is 94.0 Å². The summed E-state index contributed by atoms with van der Waals surface area (Å²) in [6.45, 7) is 0.318. The minimum Gasteiger partial charge on any atom is -0.354 e. The Morgan fingerprint density at radius 2 is 1.91 bits per heavy atom. The molecule has 0 fully saturated rings. The van der Waals surface area contributed by atoms with Crippen LogP contribution in [0.4, 0.5) is 0 Å². The third-order valence-electron chi connectivity index (χ3n) is 5.45. The molecular formula is C25H21ClN6O3. The van der Waals surface area contributed by atoms with Gasteiger partial charge in [-0.2, -0.15) is 4.98 Å². The van der Waals surface area contributed by atoms with Crippen molar-refractivity contribution in [2.45, 2.75) is 19.4 Å². The summed E-state index contributed by atoms with van der Waals surface area (Å²) in [7, 11) is 0. The lowest BCUT2D eigenvalue weighted by atomic mass is 10.1. The summed E-state index contributed by atoms with van der Waals surface area (Å²) in [6.07, 6.45) is 3.24. The van der Waals surface area contributed by atoms with Gasteiger partial charge in [0.25, 0.3) is 5.89 Å². The molecule has 3 aromatic heterocycles. The van der Waals surface area contributed by atoms with Crippen LogP contribution in [0.5, 0.6) is 0 Å². The van der Waals surface area contributed by atoms with Gasteiger partial charge in [-0.15, -0.1) is 5.10 Å². The molecule has 1 amide bonds. The number of aromatic nitrogens is 5. The molecular weight excluding hydrogens is 468 g/mol. The summed E-state index contributed by atoms with van der Waals surface area (Å²) in [5.74, 6) is 0.278. The fourth-order valence-corrected chi connectivity index (χ4v) is 3.93. The Balaban J connectivity index is 1.31. The summed E-state index contributed by atoms with van der Waals surface area (Å²) in [4.78, 5) is 29.7. The molecule has 2 aromatic carbocycles. The second kappa shape index (κ2) is 9.94. The van der Waals surface area contributed by atoms with Gasteiger partial charge in [-0.25, -0.2) is 13.9 Å². The van der Waals surface area contributed by atoms with E-state index in [0.29, 0.717) is 34.2 Å². The maximum absolute atomic E-state index is 12.8. The van der Waals surface area contributed by atoms with Crippen molar-refractivity contribution < 1.29 is 9.32 Å². The van der Waals surface area contributed by atoms with Crippen LogP contribution in [0.1, 0.15) is 12.0 Å². The molecule has 0 aliphatic carbocycles. The van der Waals surface area contributed by atoms with Gasteiger partial charge in [0.15, 0.2) is 5.65 Å². The normalized spacial score (nSPS) is 11.1. The Hall–Kier alpha value is -4.24. The lowest BCUT2D eigenvalue weighted by Crippen LogP contribution is -2.33. The fraction of sp³-hybridized carbons (Fsp3) is 0.160. The Kier molecular flexibility index (Phi) is 6.40. The molecule has 5 aromatic rings. The van der Waals surface area contributed by atoms with Crippen LogP contribution in [-0.2, 0) is 17.8 Å². The lowest BCUT2D eigenvalue weighted by molar-refractivity contribution is -0.121. The van der Waals surface area contributed by atoms with Gasteiger partial charge in [-0.05, 0) is 42.7 Å².